The van der Waals surface area contributed by atoms with Gasteiger partial charge in [0.05, 0.1) is 11.3 Å². The first-order chi connectivity index (χ1) is 6.07. The summed E-state index contributed by atoms with van der Waals surface area (Å²) in [5.41, 5.74) is 2.62. The number of carbonyl (C=O) groups excluding carboxylic acids is 1. The van der Waals surface area contributed by atoms with E-state index in [2.05, 4.69) is 12.0 Å². The molecule has 0 aliphatic rings. The molecule has 72 valence electrons. The number of aromatic nitrogens is 2. The Labute approximate surface area is 78.8 Å². The highest BCUT2D eigenvalue weighted by atomic mass is 16.1. The van der Waals surface area contributed by atoms with Crippen LogP contribution in [0.4, 0.5) is 0 Å². The molecule has 0 saturated heterocycles. The minimum Gasteiger partial charge on any atom is -0.294 e. The lowest BCUT2D eigenvalue weighted by Gasteiger charge is -2.00. The largest absolute Gasteiger partial charge is 0.294 e. The minimum absolute atomic E-state index is 0.109. The van der Waals surface area contributed by atoms with Gasteiger partial charge in [0.1, 0.15) is 0 Å². The molecule has 3 heteroatoms. The van der Waals surface area contributed by atoms with Crippen molar-refractivity contribution in [3.8, 4) is 0 Å². The molecule has 0 atom stereocenters. The van der Waals surface area contributed by atoms with Crippen molar-refractivity contribution in [3.05, 3.63) is 17.0 Å². The zero-order chi connectivity index (χ0) is 10.0. The van der Waals surface area contributed by atoms with Gasteiger partial charge in [0.2, 0.25) is 0 Å². The maximum atomic E-state index is 11.3. The summed E-state index contributed by atoms with van der Waals surface area (Å²) >= 11 is 0. The highest BCUT2D eigenvalue weighted by molar-refractivity contribution is 5.96. The van der Waals surface area contributed by atoms with E-state index in [-0.39, 0.29) is 5.78 Å². The van der Waals surface area contributed by atoms with Crippen molar-refractivity contribution in [1.82, 2.24) is 9.78 Å². The van der Waals surface area contributed by atoms with Crippen LogP contribution >= 0.6 is 0 Å². The maximum absolute atomic E-state index is 11.3. The van der Waals surface area contributed by atoms with Gasteiger partial charge in [-0.25, -0.2) is 0 Å². The second kappa shape index (κ2) is 3.73. The second-order valence-electron chi connectivity index (χ2n) is 3.33. The number of aryl methyl sites for hydroxylation is 2. The lowest BCUT2D eigenvalue weighted by molar-refractivity contribution is 0.101. The molecule has 1 aromatic rings. The smallest absolute Gasteiger partial charge is 0.163 e. The van der Waals surface area contributed by atoms with Gasteiger partial charge in [0.25, 0.3) is 0 Å². The van der Waals surface area contributed by atoms with Crippen LogP contribution in [0.1, 0.15) is 42.0 Å². The summed E-state index contributed by atoms with van der Waals surface area (Å²) in [6, 6.07) is 0. The predicted molar refractivity (Wildman–Crippen MR) is 52.0 cm³/mol. The van der Waals surface area contributed by atoms with E-state index in [1.807, 2.05) is 18.5 Å². The molecule has 0 bridgehead atoms. The third-order valence-electron chi connectivity index (χ3n) is 2.17. The van der Waals surface area contributed by atoms with E-state index < -0.39 is 0 Å². The molecule has 0 fully saturated rings. The maximum Gasteiger partial charge on any atom is 0.163 e. The summed E-state index contributed by atoms with van der Waals surface area (Å²) < 4.78 is 1.91. The molecule has 0 saturated carbocycles. The van der Waals surface area contributed by atoms with Crippen LogP contribution < -0.4 is 0 Å². The van der Waals surface area contributed by atoms with Crippen molar-refractivity contribution < 1.29 is 4.79 Å². The SMILES string of the molecule is CCCn1nc(C)c(C(C)=O)c1C. The van der Waals surface area contributed by atoms with Crippen molar-refractivity contribution in [2.75, 3.05) is 0 Å². The quantitative estimate of drug-likeness (QED) is 0.668. The van der Waals surface area contributed by atoms with Gasteiger partial charge in [-0.05, 0) is 27.2 Å². The molecule has 1 heterocycles. The van der Waals surface area contributed by atoms with Gasteiger partial charge in [-0.15, -0.1) is 0 Å². The van der Waals surface area contributed by atoms with Crippen LogP contribution in [-0.2, 0) is 6.54 Å². The van der Waals surface area contributed by atoms with Gasteiger partial charge in [0.15, 0.2) is 5.78 Å². The Hall–Kier alpha value is -1.12. The predicted octanol–water partition coefficient (Wildman–Crippen LogP) is 2.11. The van der Waals surface area contributed by atoms with Crippen LogP contribution in [0.3, 0.4) is 0 Å². The van der Waals surface area contributed by atoms with Crippen LogP contribution in [0.15, 0.2) is 0 Å². The molecule has 0 aromatic carbocycles. The highest BCUT2D eigenvalue weighted by Crippen LogP contribution is 2.13. The third kappa shape index (κ3) is 1.79. The van der Waals surface area contributed by atoms with E-state index in [1.54, 1.807) is 6.92 Å². The van der Waals surface area contributed by atoms with Gasteiger partial charge in [-0.3, -0.25) is 9.48 Å². The van der Waals surface area contributed by atoms with Crippen molar-refractivity contribution in [1.29, 1.82) is 0 Å². The molecule has 3 nitrogen and oxygen atoms in total. The lowest BCUT2D eigenvalue weighted by Crippen LogP contribution is -2.02. The fourth-order valence-corrected chi connectivity index (χ4v) is 1.64. The topological polar surface area (TPSA) is 34.9 Å². The first-order valence-electron chi connectivity index (χ1n) is 4.62. The molecule has 1 aromatic heterocycles. The van der Waals surface area contributed by atoms with Crippen molar-refractivity contribution >= 4 is 5.78 Å². The first-order valence-corrected chi connectivity index (χ1v) is 4.62. The number of hydrogen-bond donors (Lipinski definition) is 0. The summed E-state index contributed by atoms with van der Waals surface area (Å²) in [5, 5.41) is 4.32. The molecule has 1 rings (SSSR count). The summed E-state index contributed by atoms with van der Waals surface area (Å²) in [5.74, 6) is 0.109. The highest BCUT2D eigenvalue weighted by Gasteiger charge is 2.13. The third-order valence-corrected chi connectivity index (χ3v) is 2.17. The number of nitrogens with zero attached hydrogens (tertiary/aromatic N) is 2. The molecule has 0 radical (unpaired) electrons. The summed E-state index contributed by atoms with van der Waals surface area (Å²) in [6.07, 6.45) is 1.04. The minimum atomic E-state index is 0.109. The zero-order valence-electron chi connectivity index (χ0n) is 8.72. The number of carbonyl (C=O) groups is 1. The molecular weight excluding hydrogens is 164 g/mol. The van der Waals surface area contributed by atoms with E-state index >= 15 is 0 Å². The average molecular weight is 180 g/mol. The molecule has 0 aliphatic carbocycles. The Kier molecular flexibility index (Phi) is 2.86. The molecule has 13 heavy (non-hydrogen) atoms. The van der Waals surface area contributed by atoms with E-state index in [0.717, 1.165) is 29.9 Å². The van der Waals surface area contributed by atoms with Gasteiger partial charge in [-0.1, -0.05) is 6.92 Å². The van der Waals surface area contributed by atoms with Crippen LogP contribution in [0.25, 0.3) is 0 Å². The normalized spacial score (nSPS) is 10.5. The Balaban J connectivity index is 3.14. The van der Waals surface area contributed by atoms with Crippen LogP contribution in [0.2, 0.25) is 0 Å². The van der Waals surface area contributed by atoms with E-state index in [1.165, 1.54) is 0 Å². The van der Waals surface area contributed by atoms with Crippen LogP contribution in [-0.4, -0.2) is 15.6 Å². The Bertz CT molecular complexity index is 326. The molecule has 0 unspecified atom stereocenters. The molecule has 0 aliphatic heterocycles. The fraction of sp³-hybridized carbons (Fsp3) is 0.600. The van der Waals surface area contributed by atoms with Gasteiger partial charge in [0, 0.05) is 12.2 Å². The average Bonchev–Trinajstić information content (AvgIpc) is 2.28. The Morgan fingerprint density at radius 1 is 1.46 bits per heavy atom. The number of Topliss-reactive ketones (excluding diaryl/α,β-unsaturated/α-hetero) is 1. The van der Waals surface area contributed by atoms with Crippen molar-refractivity contribution in [2.24, 2.45) is 0 Å². The van der Waals surface area contributed by atoms with Crippen molar-refractivity contribution in [3.63, 3.8) is 0 Å². The van der Waals surface area contributed by atoms with E-state index in [9.17, 15) is 4.79 Å². The Morgan fingerprint density at radius 3 is 2.46 bits per heavy atom. The lowest BCUT2D eigenvalue weighted by atomic mass is 10.1. The van der Waals surface area contributed by atoms with Gasteiger partial charge >= 0.3 is 0 Å². The second-order valence-corrected chi connectivity index (χ2v) is 3.33. The van der Waals surface area contributed by atoms with Crippen LogP contribution in [0, 0.1) is 13.8 Å². The van der Waals surface area contributed by atoms with E-state index in [4.69, 9.17) is 0 Å². The molecule has 0 amide bonds. The first kappa shape index (κ1) is 9.96. The zero-order valence-corrected chi connectivity index (χ0v) is 8.72. The molecular formula is C10H16N2O. The summed E-state index contributed by atoms with van der Waals surface area (Å²) in [7, 11) is 0. The number of ketones is 1. The number of rotatable bonds is 3. The van der Waals surface area contributed by atoms with Crippen LogP contribution in [0.5, 0.6) is 0 Å². The standard InChI is InChI=1S/C10H16N2O/c1-5-6-12-8(3)10(9(4)13)7(2)11-12/h5-6H2,1-4H3. The fourth-order valence-electron chi connectivity index (χ4n) is 1.64. The van der Waals surface area contributed by atoms with Gasteiger partial charge in [-0.2, -0.15) is 5.10 Å². The summed E-state index contributed by atoms with van der Waals surface area (Å²) in [4.78, 5) is 11.3. The monoisotopic (exact) mass is 180 g/mol. The molecule has 0 N–H and O–H groups in total. The van der Waals surface area contributed by atoms with Gasteiger partial charge < -0.3 is 0 Å². The molecule has 0 spiro atoms. The summed E-state index contributed by atoms with van der Waals surface area (Å²) in [6.45, 7) is 8.42. The van der Waals surface area contributed by atoms with Crippen molar-refractivity contribution in [2.45, 2.75) is 40.7 Å². The number of hydrogen-bond acceptors (Lipinski definition) is 2. The Morgan fingerprint density at radius 2 is 2.08 bits per heavy atom. The van der Waals surface area contributed by atoms with E-state index in [0.29, 0.717) is 0 Å².